The smallest absolute Gasteiger partial charge is 0.275 e. The second-order valence-electron chi connectivity index (χ2n) is 8.18. The quantitative estimate of drug-likeness (QED) is 0.383. The molecular weight excluding hydrogens is 467 g/mol. The standard InChI is InChI=1S/C26H21FN4O3S/c1-17-5-11-20(12-6-17)35(33,34)31-16-23(21-13-15-30(2)26(32)24(21)31)22-4-3-14-28-25(22)29-19-9-7-18(27)8-10-19/h3-16H,1-2H3,(H,28,29). The van der Waals surface area contributed by atoms with Gasteiger partial charge in [0.2, 0.25) is 0 Å². The van der Waals surface area contributed by atoms with Crippen LogP contribution in [0.3, 0.4) is 0 Å². The first-order valence-corrected chi connectivity index (χ1v) is 12.2. The molecule has 0 spiro atoms. The van der Waals surface area contributed by atoms with Crippen molar-refractivity contribution in [1.29, 1.82) is 0 Å². The lowest BCUT2D eigenvalue weighted by Crippen LogP contribution is -2.21. The van der Waals surface area contributed by atoms with Gasteiger partial charge in [0.15, 0.2) is 0 Å². The maximum atomic E-state index is 13.6. The molecule has 0 bridgehead atoms. The zero-order valence-electron chi connectivity index (χ0n) is 18.9. The number of aromatic nitrogens is 3. The highest BCUT2D eigenvalue weighted by atomic mass is 32.2. The lowest BCUT2D eigenvalue weighted by molar-refractivity contribution is 0.589. The maximum Gasteiger partial charge on any atom is 0.275 e. The molecule has 0 amide bonds. The monoisotopic (exact) mass is 488 g/mol. The predicted molar refractivity (Wildman–Crippen MR) is 134 cm³/mol. The van der Waals surface area contributed by atoms with Gasteiger partial charge in [-0.05, 0) is 61.5 Å². The normalized spacial score (nSPS) is 11.6. The molecule has 0 saturated heterocycles. The summed E-state index contributed by atoms with van der Waals surface area (Å²) in [6, 6.07) is 17.5. The largest absolute Gasteiger partial charge is 0.340 e. The molecule has 0 unspecified atom stereocenters. The molecule has 176 valence electrons. The Hall–Kier alpha value is -4.24. The third kappa shape index (κ3) is 4.00. The summed E-state index contributed by atoms with van der Waals surface area (Å²) in [6.45, 7) is 1.87. The fourth-order valence-electron chi connectivity index (χ4n) is 3.92. The van der Waals surface area contributed by atoms with Gasteiger partial charge in [0.1, 0.15) is 17.2 Å². The van der Waals surface area contributed by atoms with Crippen LogP contribution < -0.4 is 10.9 Å². The second kappa shape index (κ2) is 8.52. The summed E-state index contributed by atoms with van der Waals surface area (Å²) < 4.78 is 43.0. The minimum atomic E-state index is -4.06. The third-order valence-corrected chi connectivity index (χ3v) is 7.46. The molecule has 3 aromatic heterocycles. The van der Waals surface area contributed by atoms with E-state index < -0.39 is 15.6 Å². The molecular formula is C26H21FN4O3S. The first-order chi connectivity index (χ1) is 16.8. The summed E-state index contributed by atoms with van der Waals surface area (Å²) in [7, 11) is -2.49. The van der Waals surface area contributed by atoms with Gasteiger partial charge in [0, 0.05) is 47.8 Å². The van der Waals surface area contributed by atoms with Crippen LogP contribution in [-0.4, -0.2) is 21.9 Å². The van der Waals surface area contributed by atoms with E-state index in [-0.39, 0.29) is 16.2 Å². The lowest BCUT2D eigenvalue weighted by Gasteiger charge is -2.10. The van der Waals surface area contributed by atoms with Crippen LogP contribution in [0.4, 0.5) is 15.9 Å². The van der Waals surface area contributed by atoms with Crippen molar-refractivity contribution in [3.8, 4) is 11.1 Å². The topological polar surface area (TPSA) is 86.0 Å². The maximum absolute atomic E-state index is 13.6. The van der Waals surface area contributed by atoms with Gasteiger partial charge in [-0.3, -0.25) is 4.79 Å². The molecule has 35 heavy (non-hydrogen) atoms. The Labute approximate surface area is 201 Å². The van der Waals surface area contributed by atoms with E-state index in [1.165, 1.54) is 35.0 Å². The van der Waals surface area contributed by atoms with Gasteiger partial charge >= 0.3 is 0 Å². The van der Waals surface area contributed by atoms with Crippen molar-refractivity contribution in [2.75, 3.05) is 5.32 Å². The number of hydrogen-bond donors (Lipinski definition) is 1. The van der Waals surface area contributed by atoms with E-state index in [0.717, 1.165) is 9.54 Å². The van der Waals surface area contributed by atoms with Gasteiger partial charge in [-0.1, -0.05) is 17.7 Å². The van der Waals surface area contributed by atoms with E-state index in [9.17, 15) is 17.6 Å². The molecule has 5 aromatic rings. The van der Waals surface area contributed by atoms with Crippen molar-refractivity contribution in [2.24, 2.45) is 7.05 Å². The van der Waals surface area contributed by atoms with Crippen LogP contribution >= 0.6 is 0 Å². The average Bonchev–Trinajstić information content (AvgIpc) is 3.24. The first-order valence-electron chi connectivity index (χ1n) is 10.8. The Balaban J connectivity index is 1.74. The number of pyridine rings is 2. The van der Waals surface area contributed by atoms with Crippen LogP contribution in [0.5, 0.6) is 0 Å². The molecule has 0 radical (unpaired) electrons. The Bertz CT molecular complexity index is 1720. The molecule has 5 rings (SSSR count). The molecule has 0 atom stereocenters. The Morgan fingerprint density at radius 2 is 1.66 bits per heavy atom. The van der Waals surface area contributed by atoms with Gasteiger partial charge in [-0.25, -0.2) is 21.8 Å². The van der Waals surface area contributed by atoms with Gasteiger partial charge in [0.25, 0.3) is 15.6 Å². The van der Waals surface area contributed by atoms with Crippen LogP contribution in [0.2, 0.25) is 0 Å². The highest BCUT2D eigenvalue weighted by Gasteiger charge is 2.25. The van der Waals surface area contributed by atoms with Crippen molar-refractivity contribution < 1.29 is 12.8 Å². The number of fused-ring (bicyclic) bond motifs is 1. The molecule has 0 saturated carbocycles. The number of aryl methyl sites for hydroxylation is 2. The number of benzene rings is 2. The summed E-state index contributed by atoms with van der Waals surface area (Å²) in [5, 5.41) is 3.63. The van der Waals surface area contributed by atoms with E-state index in [1.807, 2.05) is 6.92 Å². The Kier molecular flexibility index (Phi) is 5.49. The van der Waals surface area contributed by atoms with Crippen LogP contribution in [0.25, 0.3) is 22.0 Å². The van der Waals surface area contributed by atoms with E-state index in [0.29, 0.717) is 28.0 Å². The number of nitrogens with one attached hydrogen (secondary N) is 1. The number of nitrogens with zero attached hydrogens (tertiary/aromatic N) is 3. The van der Waals surface area contributed by atoms with Crippen molar-refractivity contribution in [2.45, 2.75) is 11.8 Å². The molecule has 3 heterocycles. The van der Waals surface area contributed by atoms with Gasteiger partial charge in [-0.15, -0.1) is 0 Å². The van der Waals surface area contributed by atoms with Crippen LogP contribution in [0, 0.1) is 12.7 Å². The molecule has 1 N–H and O–H groups in total. The van der Waals surface area contributed by atoms with Crippen molar-refractivity contribution in [3.05, 3.63) is 107 Å². The summed E-state index contributed by atoms with van der Waals surface area (Å²) in [4.78, 5) is 17.6. The van der Waals surface area contributed by atoms with Gasteiger partial charge < -0.3 is 9.88 Å². The highest BCUT2D eigenvalue weighted by Crippen LogP contribution is 2.35. The average molecular weight is 489 g/mol. The van der Waals surface area contributed by atoms with E-state index in [1.54, 1.807) is 61.9 Å². The fourth-order valence-corrected chi connectivity index (χ4v) is 5.29. The van der Waals surface area contributed by atoms with Crippen LogP contribution in [0.1, 0.15) is 5.56 Å². The first kappa shape index (κ1) is 22.5. The fraction of sp³-hybridized carbons (Fsp3) is 0.0769. The number of anilines is 2. The summed E-state index contributed by atoms with van der Waals surface area (Å²) in [5.74, 6) is 0.0728. The Morgan fingerprint density at radius 1 is 0.943 bits per heavy atom. The molecule has 0 fully saturated rings. The molecule has 9 heteroatoms. The summed E-state index contributed by atoms with van der Waals surface area (Å²) in [5.41, 5.74) is 2.24. The van der Waals surface area contributed by atoms with E-state index in [2.05, 4.69) is 10.3 Å². The lowest BCUT2D eigenvalue weighted by atomic mass is 10.1. The molecule has 0 aliphatic carbocycles. The minimum Gasteiger partial charge on any atom is -0.340 e. The SMILES string of the molecule is Cc1ccc(S(=O)(=O)n2cc(-c3cccnc3Nc3ccc(F)cc3)c3ccn(C)c(=O)c32)cc1. The highest BCUT2D eigenvalue weighted by molar-refractivity contribution is 7.90. The second-order valence-corrected chi connectivity index (χ2v) is 10.00. The molecule has 0 aliphatic heterocycles. The van der Waals surface area contributed by atoms with Crippen molar-refractivity contribution in [3.63, 3.8) is 0 Å². The molecule has 0 aliphatic rings. The van der Waals surface area contributed by atoms with Crippen LogP contribution in [-0.2, 0) is 17.1 Å². The van der Waals surface area contributed by atoms with E-state index >= 15 is 0 Å². The number of halogens is 1. The van der Waals surface area contributed by atoms with E-state index in [4.69, 9.17) is 0 Å². The molecule has 2 aromatic carbocycles. The Morgan fingerprint density at radius 3 is 2.37 bits per heavy atom. The predicted octanol–water partition coefficient (Wildman–Crippen LogP) is 4.83. The van der Waals surface area contributed by atoms with Crippen molar-refractivity contribution >= 4 is 32.4 Å². The third-order valence-electron chi connectivity index (χ3n) is 5.78. The zero-order valence-corrected chi connectivity index (χ0v) is 19.8. The van der Waals surface area contributed by atoms with Gasteiger partial charge in [-0.2, -0.15) is 0 Å². The molecule has 7 nitrogen and oxygen atoms in total. The van der Waals surface area contributed by atoms with Crippen molar-refractivity contribution in [1.82, 2.24) is 13.5 Å². The number of hydrogen-bond acceptors (Lipinski definition) is 5. The summed E-state index contributed by atoms with van der Waals surface area (Å²) in [6.07, 6.45) is 4.64. The zero-order chi connectivity index (χ0) is 24.7. The van der Waals surface area contributed by atoms with Crippen LogP contribution in [0.15, 0.2) is 95.0 Å². The number of rotatable bonds is 5. The summed E-state index contributed by atoms with van der Waals surface area (Å²) >= 11 is 0. The van der Waals surface area contributed by atoms with Gasteiger partial charge in [0.05, 0.1) is 4.90 Å². The minimum absolute atomic E-state index is 0.0437.